The van der Waals surface area contributed by atoms with Gasteiger partial charge in [0.2, 0.25) is 0 Å². The van der Waals surface area contributed by atoms with E-state index in [1.165, 1.54) is 17.4 Å². The highest BCUT2D eigenvalue weighted by molar-refractivity contribution is 7.90. The zero-order valence-corrected chi connectivity index (χ0v) is 14.1. The van der Waals surface area contributed by atoms with Crippen molar-refractivity contribution in [2.75, 3.05) is 38.8 Å². The van der Waals surface area contributed by atoms with Gasteiger partial charge in [-0.05, 0) is 37.8 Å². The second kappa shape index (κ2) is 9.18. The predicted octanol–water partition coefficient (Wildman–Crippen LogP) is 1.82. The molecule has 4 nitrogen and oxygen atoms in total. The first-order chi connectivity index (χ1) is 9.90. The number of methoxy groups -OCH3 is 1. The second-order valence-electron chi connectivity index (χ2n) is 5.67. The number of aryl methyl sites for hydroxylation is 1. The van der Waals surface area contributed by atoms with E-state index < -0.39 is 9.84 Å². The van der Waals surface area contributed by atoms with Crippen LogP contribution in [0.4, 0.5) is 0 Å². The molecular weight excluding hydrogens is 286 g/mol. The summed E-state index contributed by atoms with van der Waals surface area (Å²) in [6, 6.07) is 8.40. The van der Waals surface area contributed by atoms with Crippen LogP contribution in [0.5, 0.6) is 0 Å². The predicted molar refractivity (Wildman–Crippen MR) is 87.4 cm³/mol. The van der Waals surface area contributed by atoms with E-state index in [0.29, 0.717) is 18.9 Å². The number of hydrogen-bond donors (Lipinski definition) is 1. The van der Waals surface area contributed by atoms with Crippen molar-refractivity contribution in [1.29, 1.82) is 0 Å². The Hall–Kier alpha value is -0.910. The van der Waals surface area contributed by atoms with Gasteiger partial charge in [-0.3, -0.25) is 0 Å². The monoisotopic (exact) mass is 313 g/mol. The van der Waals surface area contributed by atoms with Gasteiger partial charge in [0.25, 0.3) is 0 Å². The lowest BCUT2D eigenvalue weighted by molar-refractivity contribution is 0.197. The lowest BCUT2D eigenvalue weighted by Gasteiger charge is -2.18. The molecule has 0 spiro atoms. The first-order valence-electron chi connectivity index (χ1n) is 7.33. The number of benzene rings is 1. The zero-order valence-electron chi connectivity index (χ0n) is 13.3. The summed E-state index contributed by atoms with van der Waals surface area (Å²) in [7, 11) is -1.23. The third-order valence-electron chi connectivity index (χ3n) is 3.42. The standard InChI is InChI=1S/C16H27NO3S/c1-14-5-4-6-15(11-14)12-16(7-10-21(3,18)19)13-17-8-9-20-2/h4-6,11,16-17H,7-10,12-13H2,1-3H3. The van der Waals surface area contributed by atoms with Crippen molar-refractivity contribution in [3.8, 4) is 0 Å². The Kier molecular flexibility index (Phi) is 7.93. The zero-order chi connectivity index (χ0) is 15.7. The molecule has 1 aromatic rings. The molecule has 0 amide bonds. The molecule has 0 saturated heterocycles. The topological polar surface area (TPSA) is 55.4 Å². The van der Waals surface area contributed by atoms with Crippen LogP contribution in [-0.2, 0) is 21.0 Å². The van der Waals surface area contributed by atoms with E-state index in [1.54, 1.807) is 7.11 Å². The summed E-state index contributed by atoms with van der Waals surface area (Å²) >= 11 is 0. The van der Waals surface area contributed by atoms with Crippen molar-refractivity contribution in [2.24, 2.45) is 5.92 Å². The van der Waals surface area contributed by atoms with Gasteiger partial charge in [-0.2, -0.15) is 0 Å². The van der Waals surface area contributed by atoms with Gasteiger partial charge in [0.05, 0.1) is 12.4 Å². The van der Waals surface area contributed by atoms with Crippen LogP contribution in [0.3, 0.4) is 0 Å². The Morgan fingerprint density at radius 3 is 2.71 bits per heavy atom. The van der Waals surface area contributed by atoms with Crippen LogP contribution in [-0.4, -0.2) is 47.2 Å². The van der Waals surface area contributed by atoms with Crippen LogP contribution >= 0.6 is 0 Å². The number of ether oxygens (including phenoxy) is 1. The fraction of sp³-hybridized carbons (Fsp3) is 0.625. The molecule has 0 aliphatic rings. The molecule has 1 rings (SSSR count). The molecule has 5 heteroatoms. The molecule has 0 saturated carbocycles. The summed E-state index contributed by atoms with van der Waals surface area (Å²) in [6.45, 7) is 4.35. The smallest absolute Gasteiger partial charge is 0.147 e. The van der Waals surface area contributed by atoms with E-state index in [2.05, 4.69) is 36.5 Å². The summed E-state index contributed by atoms with van der Waals surface area (Å²) in [5.41, 5.74) is 2.50. The van der Waals surface area contributed by atoms with Crippen molar-refractivity contribution < 1.29 is 13.2 Å². The van der Waals surface area contributed by atoms with E-state index in [9.17, 15) is 8.42 Å². The van der Waals surface area contributed by atoms with Gasteiger partial charge in [0.15, 0.2) is 0 Å². The minimum Gasteiger partial charge on any atom is -0.383 e. The number of nitrogens with one attached hydrogen (secondary N) is 1. The lowest BCUT2D eigenvalue weighted by atomic mass is 9.96. The average molecular weight is 313 g/mol. The largest absolute Gasteiger partial charge is 0.383 e. The normalized spacial score (nSPS) is 13.3. The molecule has 0 radical (unpaired) electrons. The SMILES string of the molecule is COCCNCC(CCS(C)(=O)=O)Cc1cccc(C)c1. The fourth-order valence-corrected chi connectivity index (χ4v) is 3.07. The first kappa shape index (κ1) is 18.1. The molecular formula is C16H27NO3S. The highest BCUT2D eigenvalue weighted by atomic mass is 32.2. The van der Waals surface area contributed by atoms with E-state index in [-0.39, 0.29) is 5.75 Å². The molecule has 1 aromatic carbocycles. The van der Waals surface area contributed by atoms with Crippen molar-refractivity contribution in [1.82, 2.24) is 5.32 Å². The average Bonchev–Trinajstić information content (AvgIpc) is 2.40. The van der Waals surface area contributed by atoms with E-state index in [1.807, 2.05) is 0 Å². The Morgan fingerprint density at radius 1 is 1.33 bits per heavy atom. The minimum absolute atomic E-state index is 0.245. The Balaban J connectivity index is 2.57. The third-order valence-corrected chi connectivity index (χ3v) is 4.40. The van der Waals surface area contributed by atoms with Gasteiger partial charge >= 0.3 is 0 Å². The third kappa shape index (κ3) is 8.86. The maximum absolute atomic E-state index is 11.4. The Morgan fingerprint density at radius 2 is 2.10 bits per heavy atom. The molecule has 21 heavy (non-hydrogen) atoms. The van der Waals surface area contributed by atoms with Crippen molar-refractivity contribution in [3.05, 3.63) is 35.4 Å². The maximum Gasteiger partial charge on any atom is 0.147 e. The van der Waals surface area contributed by atoms with Gasteiger partial charge in [0, 0.05) is 19.9 Å². The van der Waals surface area contributed by atoms with Crippen LogP contribution in [0, 0.1) is 12.8 Å². The van der Waals surface area contributed by atoms with Gasteiger partial charge in [-0.15, -0.1) is 0 Å². The molecule has 120 valence electrons. The fourth-order valence-electron chi connectivity index (χ4n) is 2.31. The first-order valence-corrected chi connectivity index (χ1v) is 9.39. The Bertz CT molecular complexity index is 514. The van der Waals surface area contributed by atoms with Crippen LogP contribution in [0.2, 0.25) is 0 Å². The highest BCUT2D eigenvalue weighted by Gasteiger charge is 2.13. The van der Waals surface area contributed by atoms with Crippen molar-refractivity contribution in [3.63, 3.8) is 0 Å². The van der Waals surface area contributed by atoms with E-state index in [4.69, 9.17) is 4.74 Å². The molecule has 0 heterocycles. The van der Waals surface area contributed by atoms with Crippen LogP contribution in [0.25, 0.3) is 0 Å². The molecule has 1 N–H and O–H groups in total. The molecule has 1 unspecified atom stereocenters. The van der Waals surface area contributed by atoms with Crippen LogP contribution < -0.4 is 5.32 Å². The highest BCUT2D eigenvalue weighted by Crippen LogP contribution is 2.14. The lowest BCUT2D eigenvalue weighted by Crippen LogP contribution is -2.28. The molecule has 0 aromatic heterocycles. The molecule has 1 atom stereocenters. The van der Waals surface area contributed by atoms with Gasteiger partial charge in [0.1, 0.15) is 9.84 Å². The van der Waals surface area contributed by atoms with Crippen molar-refractivity contribution >= 4 is 9.84 Å². The Labute approximate surface area is 128 Å². The number of hydrogen-bond acceptors (Lipinski definition) is 4. The van der Waals surface area contributed by atoms with E-state index >= 15 is 0 Å². The molecule has 0 aliphatic heterocycles. The summed E-state index contributed by atoms with van der Waals surface area (Å²) < 4.78 is 27.8. The summed E-state index contributed by atoms with van der Waals surface area (Å²) in [4.78, 5) is 0. The van der Waals surface area contributed by atoms with Crippen molar-refractivity contribution in [2.45, 2.75) is 19.8 Å². The van der Waals surface area contributed by atoms with Crippen LogP contribution in [0.15, 0.2) is 24.3 Å². The summed E-state index contributed by atoms with van der Waals surface area (Å²) in [6.07, 6.45) is 2.89. The minimum atomic E-state index is -2.91. The van der Waals surface area contributed by atoms with Gasteiger partial charge in [-0.1, -0.05) is 29.8 Å². The summed E-state index contributed by atoms with van der Waals surface area (Å²) in [5.74, 6) is 0.563. The second-order valence-corrected chi connectivity index (χ2v) is 7.93. The van der Waals surface area contributed by atoms with Gasteiger partial charge in [-0.25, -0.2) is 8.42 Å². The van der Waals surface area contributed by atoms with Crippen LogP contribution in [0.1, 0.15) is 17.5 Å². The molecule has 0 aliphatic carbocycles. The summed E-state index contributed by atoms with van der Waals surface area (Å²) in [5, 5.41) is 3.34. The van der Waals surface area contributed by atoms with E-state index in [0.717, 1.165) is 19.5 Å². The van der Waals surface area contributed by atoms with Gasteiger partial charge < -0.3 is 10.1 Å². The number of sulfone groups is 1. The number of rotatable bonds is 10. The quantitative estimate of drug-likeness (QED) is 0.670. The molecule has 0 bridgehead atoms. The molecule has 0 fully saturated rings. The maximum atomic E-state index is 11.4.